The number of hydrogen-bond acceptors (Lipinski definition) is 8. The summed E-state index contributed by atoms with van der Waals surface area (Å²) in [5.41, 5.74) is 7.07. The largest absolute Gasteiger partial charge is 0.441 e. The lowest BCUT2D eigenvalue weighted by Gasteiger charge is -2.23. The van der Waals surface area contributed by atoms with E-state index in [-0.39, 0.29) is 23.5 Å². The number of nitrogens with zero attached hydrogens (tertiary/aromatic N) is 5. The molecule has 0 unspecified atom stereocenters. The van der Waals surface area contributed by atoms with Gasteiger partial charge in [-0.3, -0.25) is 9.36 Å². The van der Waals surface area contributed by atoms with Crippen molar-refractivity contribution in [2.75, 3.05) is 11.1 Å². The Hall–Kier alpha value is -3.46. The maximum Gasteiger partial charge on any atom is 0.263 e. The first-order chi connectivity index (χ1) is 15.5. The molecule has 3 heterocycles. The first-order valence-electron chi connectivity index (χ1n) is 10.5. The fourth-order valence-electron chi connectivity index (χ4n) is 3.85. The van der Waals surface area contributed by atoms with Crippen molar-refractivity contribution in [1.82, 2.24) is 24.5 Å². The summed E-state index contributed by atoms with van der Waals surface area (Å²) in [5.74, 6) is 2.33. The molecule has 0 spiro atoms. The molecule has 1 aliphatic rings. The van der Waals surface area contributed by atoms with Crippen LogP contribution in [0, 0.1) is 6.92 Å². The molecule has 164 valence electrons. The Morgan fingerprint density at radius 2 is 2.12 bits per heavy atom. The van der Waals surface area contributed by atoms with Gasteiger partial charge in [0, 0.05) is 6.04 Å². The van der Waals surface area contributed by atoms with Gasteiger partial charge in [-0.05, 0) is 38.3 Å². The summed E-state index contributed by atoms with van der Waals surface area (Å²) in [6.45, 7) is 3.82. The van der Waals surface area contributed by atoms with Gasteiger partial charge in [-0.1, -0.05) is 24.6 Å². The summed E-state index contributed by atoms with van der Waals surface area (Å²) >= 11 is 6.35. The van der Waals surface area contributed by atoms with Crippen molar-refractivity contribution >= 4 is 34.1 Å². The van der Waals surface area contributed by atoms with Gasteiger partial charge in [0.25, 0.3) is 5.56 Å². The third-order valence-corrected chi connectivity index (χ3v) is 5.88. The highest BCUT2D eigenvalue weighted by Gasteiger charge is 2.32. The predicted octanol–water partition coefficient (Wildman–Crippen LogP) is 4.28. The zero-order valence-electron chi connectivity index (χ0n) is 17.7. The number of nitrogens with one attached hydrogen (secondary N) is 1. The number of anilines is 2. The maximum atomic E-state index is 13.4. The Bertz CT molecular complexity index is 1380. The summed E-state index contributed by atoms with van der Waals surface area (Å²) in [6, 6.07) is 5.12. The molecular formula is C22H22ClN7O2. The molecule has 1 saturated carbocycles. The van der Waals surface area contributed by atoms with Gasteiger partial charge < -0.3 is 15.5 Å². The van der Waals surface area contributed by atoms with E-state index in [9.17, 15) is 4.79 Å². The molecule has 0 saturated heterocycles. The number of rotatable bonds is 6. The van der Waals surface area contributed by atoms with Gasteiger partial charge in [-0.15, -0.1) is 0 Å². The first kappa shape index (κ1) is 20.4. The number of halogens is 1. The molecule has 1 aliphatic carbocycles. The topological polar surface area (TPSA) is 125 Å². The lowest BCUT2D eigenvalue weighted by atomic mass is 10.1. The standard InChI is InChI=1S/C22H22ClN7O2/c1-3-14(28-19-17(18(24)26-10-27-19)21-25-9-11(2)32-21)20-29-15-6-4-5-13(23)16(15)22(31)30(20)12-7-8-12/h4-6,9-10,12,14H,3,7-8H2,1-2H3,(H3,24,26,27,28)/t14-/m0/s1. The Morgan fingerprint density at radius 3 is 2.81 bits per heavy atom. The molecule has 4 aromatic rings. The molecule has 1 aromatic carbocycles. The van der Waals surface area contributed by atoms with E-state index < -0.39 is 0 Å². The van der Waals surface area contributed by atoms with Crippen LogP contribution < -0.4 is 16.6 Å². The SMILES string of the molecule is CC[C@H](Nc1ncnc(N)c1-c1ncc(C)o1)c1nc2cccc(Cl)c2c(=O)n1C1CC1. The minimum Gasteiger partial charge on any atom is -0.441 e. The lowest BCUT2D eigenvalue weighted by Crippen LogP contribution is -2.29. The highest BCUT2D eigenvalue weighted by Crippen LogP contribution is 2.38. The van der Waals surface area contributed by atoms with E-state index in [0.29, 0.717) is 51.2 Å². The fourth-order valence-corrected chi connectivity index (χ4v) is 4.11. The van der Waals surface area contributed by atoms with Crippen molar-refractivity contribution in [2.45, 2.75) is 45.2 Å². The molecule has 3 N–H and O–H groups in total. The molecule has 32 heavy (non-hydrogen) atoms. The second-order valence-corrected chi connectivity index (χ2v) is 8.28. The van der Waals surface area contributed by atoms with Crippen LogP contribution in [0.3, 0.4) is 0 Å². The minimum atomic E-state index is -0.309. The summed E-state index contributed by atoms with van der Waals surface area (Å²) in [4.78, 5) is 31.0. The quantitative estimate of drug-likeness (QED) is 0.445. The highest BCUT2D eigenvalue weighted by molar-refractivity contribution is 6.35. The van der Waals surface area contributed by atoms with Gasteiger partial charge in [-0.2, -0.15) is 0 Å². The van der Waals surface area contributed by atoms with E-state index in [1.165, 1.54) is 6.33 Å². The number of benzene rings is 1. The van der Waals surface area contributed by atoms with Crippen LogP contribution in [0.1, 0.15) is 49.9 Å². The molecular weight excluding hydrogens is 430 g/mol. The molecule has 0 radical (unpaired) electrons. The number of nitrogens with two attached hydrogens (primary N) is 1. The Morgan fingerprint density at radius 1 is 1.31 bits per heavy atom. The highest BCUT2D eigenvalue weighted by atomic mass is 35.5. The molecule has 0 bridgehead atoms. The van der Waals surface area contributed by atoms with Crippen LogP contribution in [0.15, 0.2) is 39.9 Å². The zero-order valence-corrected chi connectivity index (χ0v) is 18.4. The molecule has 1 fully saturated rings. The number of hydrogen-bond donors (Lipinski definition) is 2. The summed E-state index contributed by atoms with van der Waals surface area (Å²) in [5, 5.41) is 4.26. The monoisotopic (exact) mass is 451 g/mol. The van der Waals surface area contributed by atoms with E-state index in [2.05, 4.69) is 20.3 Å². The van der Waals surface area contributed by atoms with Gasteiger partial charge >= 0.3 is 0 Å². The number of aryl methyl sites for hydroxylation is 1. The molecule has 1 atom stereocenters. The average molecular weight is 452 g/mol. The predicted molar refractivity (Wildman–Crippen MR) is 123 cm³/mol. The van der Waals surface area contributed by atoms with Crippen molar-refractivity contribution in [3.05, 3.63) is 57.7 Å². The number of oxazole rings is 1. The molecule has 9 nitrogen and oxygen atoms in total. The van der Waals surface area contributed by atoms with Crippen molar-refractivity contribution in [3.63, 3.8) is 0 Å². The zero-order chi connectivity index (χ0) is 22.4. The van der Waals surface area contributed by atoms with Gasteiger partial charge in [0.15, 0.2) is 0 Å². The number of fused-ring (bicyclic) bond motifs is 1. The lowest BCUT2D eigenvalue weighted by molar-refractivity contribution is 0.542. The van der Waals surface area contributed by atoms with E-state index in [1.54, 1.807) is 35.9 Å². The van der Waals surface area contributed by atoms with E-state index in [4.69, 9.17) is 26.7 Å². The van der Waals surface area contributed by atoms with Crippen LogP contribution in [0.5, 0.6) is 0 Å². The molecule has 3 aromatic heterocycles. The summed E-state index contributed by atoms with van der Waals surface area (Å²) in [6.07, 6.45) is 5.51. The van der Waals surface area contributed by atoms with Crippen LogP contribution >= 0.6 is 11.6 Å². The van der Waals surface area contributed by atoms with Gasteiger partial charge in [0.1, 0.15) is 35.1 Å². The summed E-state index contributed by atoms with van der Waals surface area (Å²) < 4.78 is 7.45. The van der Waals surface area contributed by atoms with Crippen molar-refractivity contribution < 1.29 is 4.42 Å². The molecule has 0 aliphatic heterocycles. The maximum absolute atomic E-state index is 13.4. The number of aromatic nitrogens is 5. The smallest absolute Gasteiger partial charge is 0.263 e. The fraction of sp³-hybridized carbons (Fsp3) is 0.318. The van der Waals surface area contributed by atoms with Crippen molar-refractivity contribution in [1.29, 1.82) is 0 Å². The number of nitrogen functional groups attached to an aromatic ring is 1. The van der Waals surface area contributed by atoms with Crippen LogP contribution in [0.2, 0.25) is 5.02 Å². The second kappa shape index (κ2) is 7.90. The van der Waals surface area contributed by atoms with Gasteiger partial charge in [-0.25, -0.2) is 19.9 Å². The van der Waals surface area contributed by atoms with Crippen molar-refractivity contribution in [3.8, 4) is 11.5 Å². The molecule has 10 heteroatoms. The minimum absolute atomic E-state index is 0.117. The third-order valence-electron chi connectivity index (χ3n) is 5.56. The van der Waals surface area contributed by atoms with Crippen molar-refractivity contribution in [2.24, 2.45) is 0 Å². The average Bonchev–Trinajstić information content (AvgIpc) is 3.51. The van der Waals surface area contributed by atoms with Gasteiger partial charge in [0.05, 0.1) is 28.2 Å². The Kier molecular flexibility index (Phi) is 5.05. The third kappa shape index (κ3) is 3.48. The molecule has 0 amide bonds. The van der Waals surface area contributed by atoms with E-state index in [1.807, 2.05) is 6.92 Å². The Labute approximate surface area is 188 Å². The van der Waals surface area contributed by atoms with Crippen LogP contribution in [-0.4, -0.2) is 24.5 Å². The van der Waals surface area contributed by atoms with Gasteiger partial charge in [0.2, 0.25) is 5.89 Å². The summed E-state index contributed by atoms with van der Waals surface area (Å²) in [7, 11) is 0. The molecule has 5 rings (SSSR count). The normalized spacial score (nSPS) is 14.6. The van der Waals surface area contributed by atoms with E-state index >= 15 is 0 Å². The van der Waals surface area contributed by atoms with Crippen LogP contribution in [0.25, 0.3) is 22.4 Å². The van der Waals surface area contributed by atoms with E-state index in [0.717, 1.165) is 12.8 Å². The second-order valence-electron chi connectivity index (χ2n) is 7.87. The van der Waals surface area contributed by atoms with Crippen LogP contribution in [-0.2, 0) is 0 Å². The Balaban J connectivity index is 1.64. The first-order valence-corrected chi connectivity index (χ1v) is 10.9. The van der Waals surface area contributed by atoms with Crippen LogP contribution in [0.4, 0.5) is 11.6 Å².